The molecule has 4 nitrogen and oxygen atoms in total. The van der Waals surface area contributed by atoms with Gasteiger partial charge < -0.3 is 14.7 Å². The second kappa shape index (κ2) is 10.9. The van der Waals surface area contributed by atoms with Gasteiger partial charge in [0.25, 0.3) is 0 Å². The summed E-state index contributed by atoms with van der Waals surface area (Å²) in [6, 6.07) is 7.69. The van der Waals surface area contributed by atoms with Crippen molar-refractivity contribution >= 4 is 29.5 Å². The van der Waals surface area contributed by atoms with E-state index < -0.39 is 0 Å². The third-order valence-corrected chi connectivity index (χ3v) is 4.90. The van der Waals surface area contributed by atoms with Crippen LogP contribution in [0.1, 0.15) is 32.8 Å². The molecule has 0 fully saturated rings. The van der Waals surface area contributed by atoms with E-state index in [1.54, 1.807) is 16.7 Å². The third-order valence-electron chi connectivity index (χ3n) is 3.49. The Hall–Kier alpha value is -0.910. The summed E-state index contributed by atoms with van der Waals surface area (Å²) < 4.78 is 5.41. The number of carbonyl (C=O) groups is 1. The molecule has 0 saturated heterocycles. The SMILES string of the molecule is CC(C)(C)N(CCc1ccccc1Cl)C(=O)OCCCSCCO. The van der Waals surface area contributed by atoms with E-state index in [4.69, 9.17) is 21.4 Å². The van der Waals surface area contributed by atoms with Crippen molar-refractivity contribution in [3.05, 3.63) is 34.9 Å². The average molecular weight is 374 g/mol. The lowest BCUT2D eigenvalue weighted by molar-refractivity contribution is 0.0686. The van der Waals surface area contributed by atoms with Crippen molar-refractivity contribution < 1.29 is 14.6 Å². The van der Waals surface area contributed by atoms with E-state index in [9.17, 15) is 4.79 Å². The van der Waals surface area contributed by atoms with Crippen molar-refractivity contribution in [1.82, 2.24) is 4.90 Å². The quantitative estimate of drug-likeness (QED) is 0.658. The third kappa shape index (κ3) is 7.77. The van der Waals surface area contributed by atoms with Crippen molar-refractivity contribution in [3.63, 3.8) is 0 Å². The Morgan fingerprint density at radius 2 is 2.00 bits per heavy atom. The molecule has 0 aliphatic heterocycles. The van der Waals surface area contributed by atoms with Crippen LogP contribution in [0.4, 0.5) is 4.79 Å². The molecule has 0 saturated carbocycles. The zero-order chi connectivity index (χ0) is 18.0. The molecule has 1 rings (SSSR count). The Labute approximate surface area is 154 Å². The Morgan fingerprint density at radius 3 is 2.62 bits per heavy atom. The van der Waals surface area contributed by atoms with Crippen molar-refractivity contribution in [2.75, 3.05) is 31.3 Å². The largest absolute Gasteiger partial charge is 0.449 e. The van der Waals surface area contributed by atoms with Crippen LogP contribution in [0.25, 0.3) is 0 Å². The maximum absolute atomic E-state index is 12.4. The van der Waals surface area contributed by atoms with Crippen LogP contribution in [-0.2, 0) is 11.2 Å². The molecule has 0 bridgehead atoms. The Morgan fingerprint density at radius 1 is 1.29 bits per heavy atom. The second-order valence-corrected chi connectivity index (χ2v) is 8.10. The van der Waals surface area contributed by atoms with Crippen LogP contribution in [0.2, 0.25) is 5.02 Å². The minimum Gasteiger partial charge on any atom is -0.449 e. The van der Waals surface area contributed by atoms with Crippen molar-refractivity contribution in [3.8, 4) is 0 Å². The maximum Gasteiger partial charge on any atom is 0.410 e. The number of carbonyl (C=O) groups excluding carboxylic acids is 1. The van der Waals surface area contributed by atoms with Crippen LogP contribution in [0.5, 0.6) is 0 Å². The minimum atomic E-state index is -0.315. The lowest BCUT2D eigenvalue weighted by Crippen LogP contribution is -2.47. The highest BCUT2D eigenvalue weighted by atomic mass is 35.5. The van der Waals surface area contributed by atoms with E-state index in [0.717, 1.165) is 28.5 Å². The number of benzene rings is 1. The Balaban J connectivity index is 2.50. The molecule has 0 heterocycles. The van der Waals surface area contributed by atoms with Gasteiger partial charge in [0.05, 0.1) is 13.2 Å². The number of hydrogen-bond donors (Lipinski definition) is 1. The molecule has 24 heavy (non-hydrogen) atoms. The van der Waals surface area contributed by atoms with E-state index in [0.29, 0.717) is 19.6 Å². The lowest BCUT2D eigenvalue weighted by atomic mass is 10.1. The van der Waals surface area contributed by atoms with Crippen molar-refractivity contribution in [1.29, 1.82) is 0 Å². The highest BCUT2D eigenvalue weighted by Gasteiger charge is 2.27. The van der Waals surface area contributed by atoms with E-state index in [1.165, 1.54) is 0 Å². The minimum absolute atomic E-state index is 0.185. The molecule has 0 atom stereocenters. The van der Waals surface area contributed by atoms with Crippen LogP contribution in [0, 0.1) is 0 Å². The number of halogens is 1. The summed E-state index contributed by atoms with van der Waals surface area (Å²) in [6.45, 7) is 7.14. The fraction of sp³-hybridized carbons (Fsp3) is 0.611. The molecule has 0 unspecified atom stereocenters. The molecule has 1 aromatic rings. The first-order chi connectivity index (χ1) is 11.4. The van der Waals surface area contributed by atoms with Gasteiger partial charge in [0, 0.05) is 22.9 Å². The summed E-state index contributed by atoms with van der Waals surface area (Å²) >= 11 is 7.85. The van der Waals surface area contributed by atoms with Crippen LogP contribution >= 0.6 is 23.4 Å². The number of amides is 1. The van der Waals surface area contributed by atoms with Gasteiger partial charge in [0.2, 0.25) is 0 Å². The number of rotatable bonds is 9. The van der Waals surface area contributed by atoms with Crippen LogP contribution < -0.4 is 0 Å². The van der Waals surface area contributed by atoms with Crippen molar-refractivity contribution in [2.45, 2.75) is 39.2 Å². The Kier molecular flexibility index (Phi) is 9.56. The fourth-order valence-electron chi connectivity index (χ4n) is 2.20. The molecule has 1 aromatic carbocycles. The number of hydrogen-bond acceptors (Lipinski definition) is 4. The fourth-order valence-corrected chi connectivity index (χ4v) is 3.08. The molecule has 0 aliphatic rings. The number of nitrogens with zero attached hydrogens (tertiary/aromatic N) is 1. The first kappa shape index (κ1) is 21.1. The number of thioether (sulfide) groups is 1. The summed E-state index contributed by atoms with van der Waals surface area (Å²) in [6.07, 6.45) is 1.19. The smallest absolute Gasteiger partial charge is 0.410 e. The number of aliphatic hydroxyl groups excluding tert-OH is 1. The first-order valence-electron chi connectivity index (χ1n) is 8.22. The van der Waals surface area contributed by atoms with E-state index in [-0.39, 0.29) is 18.2 Å². The molecule has 1 N–H and O–H groups in total. The predicted octanol–water partition coefficient (Wildman–Crippen LogP) is 4.24. The molecule has 0 aliphatic carbocycles. The molecule has 0 spiro atoms. The van der Waals surface area contributed by atoms with Gasteiger partial charge in [-0.1, -0.05) is 29.8 Å². The standard InChI is InChI=1S/C18H28ClNO3S/c1-18(2,3)20(10-9-15-7-4-5-8-16(15)19)17(22)23-12-6-13-24-14-11-21/h4-5,7-8,21H,6,9-14H2,1-3H3. The van der Waals surface area contributed by atoms with Gasteiger partial charge in [-0.15, -0.1) is 0 Å². The van der Waals surface area contributed by atoms with Gasteiger partial charge in [-0.3, -0.25) is 0 Å². The second-order valence-electron chi connectivity index (χ2n) is 6.47. The zero-order valence-corrected chi connectivity index (χ0v) is 16.3. The van der Waals surface area contributed by atoms with Gasteiger partial charge in [-0.05, 0) is 51.0 Å². The molecular formula is C18H28ClNO3S. The van der Waals surface area contributed by atoms with Gasteiger partial charge in [-0.2, -0.15) is 11.8 Å². The zero-order valence-electron chi connectivity index (χ0n) is 14.8. The average Bonchev–Trinajstić information content (AvgIpc) is 2.51. The normalized spacial score (nSPS) is 11.4. The van der Waals surface area contributed by atoms with Crippen LogP contribution in [0.15, 0.2) is 24.3 Å². The highest BCUT2D eigenvalue weighted by Crippen LogP contribution is 2.19. The topological polar surface area (TPSA) is 49.8 Å². The monoisotopic (exact) mass is 373 g/mol. The van der Waals surface area contributed by atoms with Crippen molar-refractivity contribution in [2.24, 2.45) is 0 Å². The van der Waals surface area contributed by atoms with Crippen LogP contribution in [-0.4, -0.2) is 52.9 Å². The summed E-state index contributed by atoms with van der Waals surface area (Å²) in [7, 11) is 0. The first-order valence-corrected chi connectivity index (χ1v) is 9.76. The van der Waals surface area contributed by atoms with Gasteiger partial charge in [0.1, 0.15) is 0 Å². The Bertz CT molecular complexity index is 505. The number of ether oxygens (including phenoxy) is 1. The predicted molar refractivity (Wildman–Crippen MR) is 102 cm³/mol. The summed E-state index contributed by atoms with van der Waals surface area (Å²) in [4.78, 5) is 14.2. The van der Waals surface area contributed by atoms with E-state index >= 15 is 0 Å². The van der Waals surface area contributed by atoms with E-state index in [2.05, 4.69) is 0 Å². The molecule has 0 radical (unpaired) electrons. The summed E-state index contributed by atoms with van der Waals surface area (Å²) in [5.41, 5.74) is 0.714. The summed E-state index contributed by atoms with van der Waals surface area (Å²) in [5, 5.41) is 9.45. The molecular weight excluding hydrogens is 346 g/mol. The van der Waals surface area contributed by atoms with Gasteiger partial charge >= 0.3 is 6.09 Å². The van der Waals surface area contributed by atoms with Crippen LogP contribution in [0.3, 0.4) is 0 Å². The van der Waals surface area contributed by atoms with Gasteiger partial charge in [0.15, 0.2) is 0 Å². The summed E-state index contributed by atoms with van der Waals surface area (Å²) in [5.74, 6) is 1.60. The molecule has 0 aromatic heterocycles. The maximum atomic E-state index is 12.4. The molecule has 1 amide bonds. The highest BCUT2D eigenvalue weighted by molar-refractivity contribution is 7.99. The molecule has 136 valence electrons. The van der Waals surface area contributed by atoms with Gasteiger partial charge in [-0.25, -0.2) is 4.79 Å². The lowest BCUT2D eigenvalue weighted by Gasteiger charge is -2.35. The molecule has 6 heteroatoms. The number of aliphatic hydroxyl groups is 1. The van der Waals surface area contributed by atoms with E-state index in [1.807, 2.05) is 45.0 Å².